The van der Waals surface area contributed by atoms with E-state index in [1.807, 2.05) is 6.08 Å². The normalized spacial score (nSPS) is 32.0. The lowest BCUT2D eigenvalue weighted by atomic mass is 10.0. The molecule has 2 aliphatic heterocycles. The Balaban J connectivity index is 1.84. The van der Waals surface area contributed by atoms with Gasteiger partial charge in [-0.25, -0.2) is 0 Å². The fourth-order valence-corrected chi connectivity index (χ4v) is 3.06. The van der Waals surface area contributed by atoms with Crippen LogP contribution in [-0.4, -0.2) is 42.1 Å². The smallest absolute Gasteiger partial charge is 0.269 e. The number of benzene rings is 1. The molecular formula is C14H17N2O4+. The van der Waals surface area contributed by atoms with Gasteiger partial charge in [0.05, 0.1) is 4.92 Å². The van der Waals surface area contributed by atoms with Crippen LogP contribution in [0.2, 0.25) is 0 Å². The van der Waals surface area contributed by atoms with Crippen molar-refractivity contribution < 1.29 is 18.9 Å². The highest BCUT2D eigenvalue weighted by atomic mass is 16.6. The Kier molecular flexibility index (Phi) is 3.29. The zero-order valence-corrected chi connectivity index (χ0v) is 11.1. The fourth-order valence-electron chi connectivity index (χ4n) is 3.06. The molecule has 0 bridgehead atoms. The molecule has 0 saturated carbocycles. The lowest BCUT2D eigenvalue weighted by Crippen LogP contribution is -2.49. The Morgan fingerprint density at radius 1 is 1.40 bits per heavy atom. The molecule has 2 heterocycles. The summed E-state index contributed by atoms with van der Waals surface area (Å²) in [4.78, 5) is 10.3. The third-order valence-electron chi connectivity index (χ3n) is 4.13. The van der Waals surface area contributed by atoms with Gasteiger partial charge < -0.3 is 9.47 Å². The number of non-ortho nitro benzene ring substituents is 1. The number of nitro groups is 1. The highest BCUT2D eigenvalue weighted by Crippen LogP contribution is 2.40. The van der Waals surface area contributed by atoms with Crippen molar-refractivity contribution in [3.8, 4) is 0 Å². The van der Waals surface area contributed by atoms with E-state index in [0.717, 1.165) is 16.6 Å². The van der Waals surface area contributed by atoms with Gasteiger partial charge in [0, 0.05) is 12.1 Å². The minimum Gasteiger partial charge on any atom is -0.325 e. The lowest BCUT2D eigenvalue weighted by Gasteiger charge is -2.29. The third kappa shape index (κ3) is 2.02. The van der Waals surface area contributed by atoms with Gasteiger partial charge >= 0.3 is 0 Å². The summed E-state index contributed by atoms with van der Waals surface area (Å²) in [7, 11) is 0. The first-order valence-electron chi connectivity index (χ1n) is 6.57. The molecule has 0 unspecified atom stereocenters. The molecule has 1 aromatic carbocycles. The Hall–Kier alpha value is -1.76. The molecule has 0 spiro atoms. The van der Waals surface area contributed by atoms with Crippen LogP contribution in [-0.2, 0) is 9.47 Å². The number of hydrogen-bond acceptors (Lipinski definition) is 4. The number of rotatable bonds is 4. The van der Waals surface area contributed by atoms with Crippen molar-refractivity contribution in [2.24, 2.45) is 0 Å². The zero-order chi connectivity index (χ0) is 14.2. The molecule has 2 saturated heterocycles. The molecule has 1 aromatic rings. The van der Waals surface area contributed by atoms with E-state index in [-0.39, 0.29) is 17.8 Å². The summed E-state index contributed by atoms with van der Waals surface area (Å²) in [5, 5.41) is 10.7. The second-order valence-electron chi connectivity index (χ2n) is 5.32. The molecule has 0 N–H and O–H groups in total. The van der Waals surface area contributed by atoms with Crippen LogP contribution in [0, 0.1) is 10.1 Å². The maximum absolute atomic E-state index is 10.7. The Bertz CT molecular complexity index is 530. The summed E-state index contributed by atoms with van der Waals surface area (Å²) >= 11 is 0. The second kappa shape index (κ2) is 4.97. The van der Waals surface area contributed by atoms with Crippen LogP contribution in [0.4, 0.5) is 5.69 Å². The largest absolute Gasteiger partial charge is 0.325 e. The maximum Gasteiger partial charge on any atom is 0.269 e. The van der Waals surface area contributed by atoms with Crippen molar-refractivity contribution in [2.45, 2.75) is 12.1 Å². The molecule has 0 aliphatic carbocycles. The van der Waals surface area contributed by atoms with Crippen molar-refractivity contribution >= 4 is 5.69 Å². The van der Waals surface area contributed by atoms with Crippen molar-refractivity contribution in [2.75, 3.05) is 26.6 Å². The standard InChI is InChI=1S/C14H17N2O4/c1-2-7-16-9-19-8-13(16)14(20-10-16)11-3-5-12(6-4-11)15(17)18/h2-6,13-14H,1,7-10H2/q+1/t13-,14-,16-/m0/s1. The van der Waals surface area contributed by atoms with E-state index >= 15 is 0 Å². The van der Waals surface area contributed by atoms with Crippen molar-refractivity contribution in [3.63, 3.8) is 0 Å². The number of nitrogens with zero attached hydrogens (tertiary/aromatic N) is 2. The van der Waals surface area contributed by atoms with Crippen LogP contribution in [0.15, 0.2) is 36.9 Å². The molecule has 106 valence electrons. The van der Waals surface area contributed by atoms with Crippen LogP contribution in [0.5, 0.6) is 0 Å². The average Bonchev–Trinajstić information content (AvgIpc) is 2.97. The summed E-state index contributed by atoms with van der Waals surface area (Å²) in [5.74, 6) is 0. The second-order valence-corrected chi connectivity index (χ2v) is 5.32. The van der Waals surface area contributed by atoms with Crippen molar-refractivity contribution in [1.29, 1.82) is 0 Å². The summed E-state index contributed by atoms with van der Waals surface area (Å²) in [6.07, 6.45) is 1.82. The summed E-state index contributed by atoms with van der Waals surface area (Å²) in [5.41, 5.74) is 1.07. The van der Waals surface area contributed by atoms with Crippen molar-refractivity contribution in [1.82, 2.24) is 0 Å². The van der Waals surface area contributed by atoms with E-state index in [0.29, 0.717) is 20.1 Å². The first kappa shape index (κ1) is 13.2. The summed E-state index contributed by atoms with van der Waals surface area (Å²) in [6, 6.07) is 6.82. The topological polar surface area (TPSA) is 61.6 Å². The zero-order valence-electron chi connectivity index (χ0n) is 11.1. The van der Waals surface area contributed by atoms with Crippen LogP contribution in [0.1, 0.15) is 11.7 Å². The molecule has 3 rings (SSSR count). The number of hydrogen-bond donors (Lipinski definition) is 0. The van der Waals surface area contributed by atoms with E-state index in [1.165, 1.54) is 12.1 Å². The first-order chi connectivity index (χ1) is 9.66. The predicted octanol–water partition coefficient (Wildman–Crippen LogP) is 1.98. The van der Waals surface area contributed by atoms with Crippen LogP contribution < -0.4 is 0 Å². The van der Waals surface area contributed by atoms with Gasteiger partial charge in [-0.05, 0) is 23.8 Å². The average molecular weight is 277 g/mol. The predicted molar refractivity (Wildman–Crippen MR) is 71.7 cm³/mol. The van der Waals surface area contributed by atoms with E-state index in [4.69, 9.17) is 9.47 Å². The molecule has 0 amide bonds. The molecule has 3 atom stereocenters. The Morgan fingerprint density at radius 3 is 2.80 bits per heavy atom. The van der Waals surface area contributed by atoms with Gasteiger partial charge in [0.2, 0.25) is 0 Å². The molecule has 0 radical (unpaired) electrons. The molecule has 20 heavy (non-hydrogen) atoms. The molecule has 6 heteroatoms. The highest BCUT2D eigenvalue weighted by Gasteiger charge is 2.53. The van der Waals surface area contributed by atoms with E-state index < -0.39 is 4.92 Å². The van der Waals surface area contributed by atoms with Crippen LogP contribution >= 0.6 is 0 Å². The van der Waals surface area contributed by atoms with Gasteiger partial charge in [0.15, 0.2) is 13.5 Å². The number of nitro benzene ring substituents is 1. The van der Waals surface area contributed by atoms with E-state index in [2.05, 4.69) is 6.58 Å². The highest BCUT2D eigenvalue weighted by molar-refractivity contribution is 5.34. The lowest BCUT2D eigenvalue weighted by molar-refractivity contribution is -0.938. The quantitative estimate of drug-likeness (QED) is 0.365. The Morgan fingerprint density at radius 2 is 2.15 bits per heavy atom. The minimum atomic E-state index is -0.393. The van der Waals surface area contributed by atoms with Crippen LogP contribution in [0.25, 0.3) is 0 Å². The molecule has 2 fully saturated rings. The number of quaternary nitrogens is 1. The monoisotopic (exact) mass is 277 g/mol. The Labute approximate surface area is 116 Å². The van der Waals surface area contributed by atoms with Gasteiger partial charge in [-0.15, -0.1) is 0 Å². The molecule has 2 aliphatic rings. The van der Waals surface area contributed by atoms with Gasteiger partial charge in [0.25, 0.3) is 5.69 Å². The fraction of sp³-hybridized carbons (Fsp3) is 0.429. The SMILES string of the molecule is C=CC[N@@+]12COC[C@H]1[C@H](c1ccc([N+](=O)[O-])cc1)OC2. The van der Waals surface area contributed by atoms with Gasteiger partial charge in [-0.3, -0.25) is 14.6 Å². The maximum atomic E-state index is 10.7. The van der Waals surface area contributed by atoms with Crippen LogP contribution in [0.3, 0.4) is 0 Å². The van der Waals surface area contributed by atoms with E-state index in [9.17, 15) is 10.1 Å². The van der Waals surface area contributed by atoms with Crippen molar-refractivity contribution in [3.05, 3.63) is 52.6 Å². The third-order valence-corrected chi connectivity index (χ3v) is 4.13. The first-order valence-corrected chi connectivity index (χ1v) is 6.57. The number of fused-ring (bicyclic) bond motifs is 1. The number of ether oxygens (including phenoxy) is 2. The van der Waals surface area contributed by atoms with Gasteiger partial charge in [-0.1, -0.05) is 6.58 Å². The minimum absolute atomic E-state index is 0.0711. The van der Waals surface area contributed by atoms with Gasteiger partial charge in [0.1, 0.15) is 25.3 Å². The van der Waals surface area contributed by atoms with E-state index in [1.54, 1.807) is 12.1 Å². The summed E-state index contributed by atoms with van der Waals surface area (Å²) < 4.78 is 12.3. The van der Waals surface area contributed by atoms with Gasteiger partial charge in [-0.2, -0.15) is 0 Å². The summed E-state index contributed by atoms with van der Waals surface area (Å²) in [6.45, 7) is 6.50. The molecule has 6 nitrogen and oxygen atoms in total. The molecule has 0 aromatic heterocycles. The molecular weight excluding hydrogens is 260 g/mol.